The van der Waals surface area contributed by atoms with Crippen LogP contribution in [0.1, 0.15) is 84.8 Å². The van der Waals surface area contributed by atoms with E-state index in [1.54, 1.807) is 0 Å². The van der Waals surface area contributed by atoms with E-state index in [0.29, 0.717) is 0 Å². The van der Waals surface area contributed by atoms with Crippen LogP contribution in [0.5, 0.6) is 0 Å². The van der Waals surface area contributed by atoms with Crippen LogP contribution < -0.4 is 9.80 Å². The molecule has 0 atom stereocenters. The van der Waals surface area contributed by atoms with Gasteiger partial charge in [-0.15, -0.1) is 0 Å². The molecule has 1 aliphatic carbocycles. The van der Waals surface area contributed by atoms with Crippen LogP contribution in [0.4, 0.5) is 11.4 Å². The molecule has 1 fully saturated rings. The predicted molar refractivity (Wildman–Crippen MR) is 165 cm³/mol. The molecule has 3 nitrogen and oxygen atoms in total. The molecule has 0 N–H and O–H groups in total. The zero-order chi connectivity index (χ0) is 27.8. The molecule has 2 aliphatic heterocycles. The molecule has 0 amide bonds. The average Bonchev–Trinajstić information content (AvgIpc) is 3.27. The molecule has 2 aromatic carbocycles. The molecule has 0 spiro atoms. The van der Waals surface area contributed by atoms with E-state index in [-0.39, 0.29) is 16.6 Å². The Bertz CT molecular complexity index is 1280. The van der Waals surface area contributed by atoms with Crippen molar-refractivity contribution in [1.82, 2.24) is 0 Å². The molecule has 0 bridgehead atoms. The van der Waals surface area contributed by atoms with Gasteiger partial charge in [0.1, 0.15) is 0 Å². The van der Waals surface area contributed by atoms with E-state index < -0.39 is 0 Å². The summed E-state index contributed by atoms with van der Waals surface area (Å²) in [6, 6.07) is 17.5. The van der Waals surface area contributed by atoms with Gasteiger partial charge in [0, 0.05) is 46.7 Å². The zero-order valence-corrected chi connectivity index (χ0v) is 24.7. The third-order valence-corrected chi connectivity index (χ3v) is 8.85. The van der Waals surface area contributed by atoms with Crippen LogP contribution >= 0.6 is 0 Å². The Hall–Kier alpha value is -3.33. The highest BCUT2D eigenvalue weighted by molar-refractivity contribution is 6.09. The van der Waals surface area contributed by atoms with Gasteiger partial charge in [-0.2, -0.15) is 0 Å². The highest BCUT2D eigenvalue weighted by Gasteiger charge is 2.40. The maximum absolute atomic E-state index is 13.7. The number of hydrogen-bond acceptors (Lipinski definition) is 3. The number of benzene rings is 2. The average molecular weight is 521 g/mol. The molecule has 3 aliphatic rings. The van der Waals surface area contributed by atoms with Gasteiger partial charge in [0.25, 0.3) is 0 Å². The van der Waals surface area contributed by atoms with E-state index in [1.807, 2.05) is 0 Å². The van der Waals surface area contributed by atoms with Crippen molar-refractivity contribution in [3.8, 4) is 0 Å². The Labute approximate surface area is 235 Å². The lowest BCUT2D eigenvalue weighted by molar-refractivity contribution is -0.113. The first-order valence-electron chi connectivity index (χ1n) is 14.8. The Morgan fingerprint density at radius 3 is 1.49 bits per heavy atom. The van der Waals surface area contributed by atoms with Crippen LogP contribution in [0.3, 0.4) is 0 Å². The van der Waals surface area contributed by atoms with Crippen LogP contribution in [0.2, 0.25) is 0 Å². The van der Waals surface area contributed by atoms with E-state index in [0.717, 1.165) is 56.3 Å². The van der Waals surface area contributed by atoms with Crippen molar-refractivity contribution < 1.29 is 4.79 Å². The molecular formula is C36H44N2O. The second-order valence-corrected chi connectivity index (χ2v) is 12.3. The summed E-state index contributed by atoms with van der Waals surface area (Å²) >= 11 is 0. The van der Waals surface area contributed by atoms with E-state index >= 15 is 0 Å². The normalized spacial score (nSPS) is 23.8. The molecule has 2 heterocycles. The van der Waals surface area contributed by atoms with Gasteiger partial charge in [0.15, 0.2) is 5.78 Å². The van der Waals surface area contributed by atoms with Crippen molar-refractivity contribution in [3.63, 3.8) is 0 Å². The smallest absolute Gasteiger partial charge is 0.184 e. The maximum atomic E-state index is 13.7. The minimum absolute atomic E-state index is 0.0879. The maximum Gasteiger partial charge on any atom is 0.184 e. The molecule has 0 unspecified atom stereocenters. The first kappa shape index (κ1) is 27.2. The van der Waals surface area contributed by atoms with Crippen LogP contribution in [0.25, 0.3) is 0 Å². The summed E-state index contributed by atoms with van der Waals surface area (Å²) in [5.74, 6) is 0.209. The van der Waals surface area contributed by atoms with E-state index in [2.05, 4.69) is 124 Å². The molecule has 0 radical (unpaired) electrons. The number of fused-ring (bicyclic) bond motifs is 2. The summed E-state index contributed by atoms with van der Waals surface area (Å²) in [5.41, 5.74) is 9.58. The molecule has 0 aromatic heterocycles. The molecular weight excluding hydrogens is 476 g/mol. The van der Waals surface area contributed by atoms with Crippen molar-refractivity contribution in [2.24, 2.45) is 0 Å². The van der Waals surface area contributed by atoms with Gasteiger partial charge < -0.3 is 9.80 Å². The summed E-state index contributed by atoms with van der Waals surface area (Å²) in [5, 5.41) is 0. The summed E-state index contributed by atoms with van der Waals surface area (Å²) in [6.07, 6.45) is 13.5. The van der Waals surface area contributed by atoms with E-state index in [9.17, 15) is 4.79 Å². The van der Waals surface area contributed by atoms with Crippen LogP contribution in [-0.4, -0.2) is 18.9 Å². The fourth-order valence-corrected chi connectivity index (χ4v) is 6.79. The Morgan fingerprint density at radius 2 is 1.08 bits per heavy atom. The van der Waals surface area contributed by atoms with Gasteiger partial charge in [-0.05, 0) is 78.7 Å². The van der Waals surface area contributed by atoms with Gasteiger partial charge in [-0.25, -0.2) is 0 Å². The lowest BCUT2D eigenvalue weighted by Gasteiger charge is -2.27. The van der Waals surface area contributed by atoms with Gasteiger partial charge in [-0.3, -0.25) is 4.79 Å². The SMILES string of the molecule is CCCN1/C(=C\C=C2/CCC/C(=C\C=C3/N(CCC)c4ccccc4C3(C)C)C2=O)C(C)(C)c2ccccc21. The van der Waals surface area contributed by atoms with Gasteiger partial charge in [0.2, 0.25) is 0 Å². The Kier molecular flexibility index (Phi) is 7.46. The summed E-state index contributed by atoms with van der Waals surface area (Å²) < 4.78 is 0. The summed E-state index contributed by atoms with van der Waals surface area (Å²) in [6.45, 7) is 15.6. The molecule has 5 rings (SSSR count). The molecule has 204 valence electrons. The number of carbonyl (C=O) groups is 1. The predicted octanol–water partition coefficient (Wildman–Crippen LogP) is 8.78. The third kappa shape index (κ3) is 4.71. The van der Waals surface area contributed by atoms with Gasteiger partial charge >= 0.3 is 0 Å². The second kappa shape index (κ2) is 10.7. The second-order valence-electron chi connectivity index (χ2n) is 12.3. The van der Waals surface area contributed by atoms with Crippen molar-refractivity contribution >= 4 is 17.2 Å². The number of anilines is 2. The number of allylic oxidation sites excluding steroid dienone is 8. The van der Waals surface area contributed by atoms with E-state index in [1.165, 1.54) is 33.9 Å². The summed E-state index contributed by atoms with van der Waals surface area (Å²) in [4.78, 5) is 18.6. The van der Waals surface area contributed by atoms with Crippen LogP contribution in [0.15, 0.2) is 95.4 Å². The lowest BCUT2D eigenvalue weighted by Crippen LogP contribution is -2.27. The molecule has 39 heavy (non-hydrogen) atoms. The van der Waals surface area contributed by atoms with Gasteiger partial charge in [0.05, 0.1) is 0 Å². The fourth-order valence-electron chi connectivity index (χ4n) is 6.79. The van der Waals surface area contributed by atoms with Crippen LogP contribution in [0, 0.1) is 0 Å². The standard InChI is InChI=1S/C36H44N2O/c1-7-24-37-30-18-11-9-16-28(30)35(3,4)32(37)22-20-26-14-13-15-27(34(26)39)21-23-33-36(5,6)29-17-10-12-19-31(29)38(33)25-8-2/h9-12,16-23H,7-8,13-15,24-25H2,1-6H3/b26-20+,27-21+,32-22-,33-23-. The van der Waals surface area contributed by atoms with Crippen molar-refractivity contribution in [3.05, 3.63) is 107 Å². The monoisotopic (exact) mass is 520 g/mol. The minimum Gasteiger partial charge on any atom is -0.344 e. The molecule has 3 heteroatoms. The molecule has 1 saturated carbocycles. The molecule has 2 aromatic rings. The largest absolute Gasteiger partial charge is 0.344 e. The number of rotatable bonds is 6. The van der Waals surface area contributed by atoms with Gasteiger partial charge in [-0.1, -0.05) is 90.1 Å². The lowest BCUT2D eigenvalue weighted by atomic mass is 9.82. The Morgan fingerprint density at radius 1 is 0.667 bits per heavy atom. The third-order valence-electron chi connectivity index (χ3n) is 8.85. The minimum atomic E-state index is -0.0879. The number of ketones is 1. The molecule has 0 saturated heterocycles. The van der Waals surface area contributed by atoms with Crippen molar-refractivity contribution in [2.75, 3.05) is 22.9 Å². The topological polar surface area (TPSA) is 23.6 Å². The number of carbonyl (C=O) groups excluding carboxylic acids is 1. The summed E-state index contributed by atoms with van der Waals surface area (Å²) in [7, 11) is 0. The number of para-hydroxylation sites is 2. The number of nitrogens with zero attached hydrogens (tertiary/aromatic N) is 2. The highest BCUT2D eigenvalue weighted by Crippen LogP contribution is 2.49. The first-order chi connectivity index (χ1) is 18.7. The zero-order valence-electron chi connectivity index (χ0n) is 24.7. The Balaban J connectivity index is 1.46. The highest BCUT2D eigenvalue weighted by atomic mass is 16.1. The number of hydrogen-bond donors (Lipinski definition) is 0. The first-order valence-corrected chi connectivity index (χ1v) is 14.8. The van der Waals surface area contributed by atoms with Crippen molar-refractivity contribution in [2.45, 2.75) is 84.5 Å². The van der Waals surface area contributed by atoms with E-state index in [4.69, 9.17) is 0 Å². The van der Waals surface area contributed by atoms with Crippen molar-refractivity contribution in [1.29, 1.82) is 0 Å². The fraction of sp³-hybridized carbons (Fsp3) is 0.417. The number of Topliss-reactive ketones (excluding diaryl/α,β-unsaturated/α-hetero) is 1. The van der Waals surface area contributed by atoms with Crippen LogP contribution in [-0.2, 0) is 15.6 Å². The quantitative estimate of drug-likeness (QED) is 0.356.